The number of carbonyl (C=O) groups excluding carboxylic acids is 1. The number of aryl methyl sites for hydroxylation is 1. The van der Waals surface area contributed by atoms with Crippen molar-refractivity contribution in [3.05, 3.63) is 59.0 Å². The summed E-state index contributed by atoms with van der Waals surface area (Å²) in [7, 11) is 3.26. The first-order valence-corrected chi connectivity index (χ1v) is 6.98. The van der Waals surface area contributed by atoms with Crippen LogP contribution in [0.3, 0.4) is 0 Å². The summed E-state index contributed by atoms with van der Waals surface area (Å²) in [4.78, 5) is 18.0. The molecule has 0 aliphatic rings. The van der Waals surface area contributed by atoms with Crippen LogP contribution in [-0.4, -0.2) is 25.1 Å². The fourth-order valence-electron chi connectivity index (χ4n) is 2.23. The van der Waals surface area contributed by atoms with E-state index in [9.17, 15) is 9.18 Å². The van der Waals surface area contributed by atoms with E-state index in [2.05, 4.69) is 4.98 Å². The molecule has 0 aliphatic carbocycles. The number of carbonyl (C=O) groups is 1. The van der Waals surface area contributed by atoms with Gasteiger partial charge in [-0.2, -0.15) is 0 Å². The van der Waals surface area contributed by atoms with Gasteiger partial charge in [0.1, 0.15) is 11.6 Å². The Kier molecular flexibility index (Phi) is 4.75. The van der Waals surface area contributed by atoms with Crippen LogP contribution < -0.4 is 4.90 Å². The van der Waals surface area contributed by atoms with Gasteiger partial charge >= 0.3 is 5.97 Å². The molecule has 0 fully saturated rings. The molecule has 0 radical (unpaired) electrons. The van der Waals surface area contributed by atoms with Crippen LogP contribution in [0.25, 0.3) is 0 Å². The molecule has 2 rings (SSSR count). The van der Waals surface area contributed by atoms with Gasteiger partial charge in [0, 0.05) is 7.05 Å². The third-order valence-corrected chi connectivity index (χ3v) is 3.77. The molecule has 22 heavy (non-hydrogen) atoms. The largest absolute Gasteiger partial charge is 0.465 e. The van der Waals surface area contributed by atoms with E-state index in [-0.39, 0.29) is 11.9 Å². The van der Waals surface area contributed by atoms with Crippen LogP contribution >= 0.6 is 0 Å². The molecule has 1 atom stereocenters. The first kappa shape index (κ1) is 15.9. The van der Waals surface area contributed by atoms with Gasteiger partial charge in [0.2, 0.25) is 0 Å². The lowest BCUT2D eigenvalue weighted by Gasteiger charge is -2.27. The number of ether oxygens (including phenoxy) is 1. The molecule has 4 nitrogen and oxygen atoms in total. The van der Waals surface area contributed by atoms with Gasteiger partial charge in [-0.25, -0.2) is 14.2 Å². The van der Waals surface area contributed by atoms with Crippen LogP contribution in [0.2, 0.25) is 0 Å². The van der Waals surface area contributed by atoms with Gasteiger partial charge in [0.05, 0.1) is 24.4 Å². The molecular weight excluding hydrogens is 283 g/mol. The highest BCUT2D eigenvalue weighted by molar-refractivity contribution is 5.90. The molecule has 2 aromatic rings. The van der Waals surface area contributed by atoms with Gasteiger partial charge in [-0.1, -0.05) is 12.1 Å². The van der Waals surface area contributed by atoms with Crippen molar-refractivity contribution in [3.8, 4) is 0 Å². The van der Waals surface area contributed by atoms with Crippen molar-refractivity contribution in [2.24, 2.45) is 0 Å². The number of halogens is 1. The third-order valence-electron chi connectivity index (χ3n) is 3.77. The van der Waals surface area contributed by atoms with Crippen molar-refractivity contribution in [2.45, 2.75) is 19.9 Å². The van der Waals surface area contributed by atoms with E-state index in [1.807, 2.05) is 18.9 Å². The van der Waals surface area contributed by atoms with Crippen molar-refractivity contribution in [1.82, 2.24) is 4.98 Å². The molecule has 0 bridgehead atoms. The van der Waals surface area contributed by atoms with Crippen LogP contribution in [-0.2, 0) is 4.74 Å². The van der Waals surface area contributed by atoms with Crippen molar-refractivity contribution in [2.75, 3.05) is 19.1 Å². The topological polar surface area (TPSA) is 42.4 Å². The Morgan fingerprint density at radius 3 is 2.41 bits per heavy atom. The highest BCUT2D eigenvalue weighted by Gasteiger charge is 2.16. The number of anilines is 1. The SMILES string of the molecule is COC(=O)c1ccc(N(C)C(C)c2ccc(F)cc2)nc1C. The molecule has 116 valence electrons. The predicted molar refractivity (Wildman–Crippen MR) is 83.5 cm³/mol. The Hall–Kier alpha value is -2.43. The minimum absolute atomic E-state index is 0.0245. The molecule has 0 spiro atoms. The average Bonchev–Trinajstić information content (AvgIpc) is 2.53. The smallest absolute Gasteiger partial charge is 0.339 e. The second-order valence-corrected chi connectivity index (χ2v) is 5.13. The maximum absolute atomic E-state index is 13.0. The normalized spacial score (nSPS) is 11.9. The molecular formula is C17H19FN2O2. The van der Waals surface area contributed by atoms with Gasteiger partial charge in [-0.15, -0.1) is 0 Å². The Labute approximate surface area is 129 Å². The average molecular weight is 302 g/mol. The highest BCUT2D eigenvalue weighted by atomic mass is 19.1. The maximum atomic E-state index is 13.0. The number of aromatic nitrogens is 1. The van der Waals surface area contributed by atoms with Crippen LogP contribution in [0.5, 0.6) is 0 Å². The van der Waals surface area contributed by atoms with E-state index < -0.39 is 5.97 Å². The predicted octanol–water partition coefficient (Wildman–Crippen LogP) is 3.51. The molecule has 0 saturated carbocycles. The second-order valence-electron chi connectivity index (χ2n) is 5.13. The summed E-state index contributed by atoms with van der Waals surface area (Å²) in [5.41, 5.74) is 2.05. The van der Waals surface area contributed by atoms with E-state index >= 15 is 0 Å². The lowest BCUT2D eigenvalue weighted by molar-refractivity contribution is 0.0599. The summed E-state index contributed by atoms with van der Waals surface area (Å²) in [6.45, 7) is 3.78. The molecule has 1 aromatic heterocycles. The van der Waals surface area contributed by atoms with E-state index in [1.54, 1.807) is 31.2 Å². The lowest BCUT2D eigenvalue weighted by atomic mass is 10.1. The van der Waals surface area contributed by atoms with Gasteiger partial charge < -0.3 is 9.64 Å². The maximum Gasteiger partial charge on any atom is 0.339 e. The van der Waals surface area contributed by atoms with Gasteiger partial charge in [-0.05, 0) is 43.7 Å². The first-order chi connectivity index (χ1) is 10.4. The minimum atomic E-state index is -0.397. The summed E-state index contributed by atoms with van der Waals surface area (Å²) in [5, 5.41) is 0. The Bertz CT molecular complexity index is 671. The van der Waals surface area contributed by atoms with Crippen molar-refractivity contribution < 1.29 is 13.9 Å². The number of esters is 1. The fraction of sp³-hybridized carbons (Fsp3) is 0.294. The van der Waals surface area contributed by atoms with E-state index in [4.69, 9.17) is 4.74 Å². The van der Waals surface area contributed by atoms with Gasteiger partial charge in [0.25, 0.3) is 0 Å². The van der Waals surface area contributed by atoms with Crippen LogP contribution in [0.4, 0.5) is 10.2 Å². The molecule has 1 aromatic carbocycles. The number of rotatable bonds is 4. The zero-order valence-corrected chi connectivity index (χ0v) is 13.1. The van der Waals surface area contributed by atoms with Gasteiger partial charge in [-0.3, -0.25) is 0 Å². The van der Waals surface area contributed by atoms with Crippen LogP contribution in [0.15, 0.2) is 36.4 Å². The number of methoxy groups -OCH3 is 1. The first-order valence-electron chi connectivity index (χ1n) is 6.98. The highest BCUT2D eigenvalue weighted by Crippen LogP contribution is 2.25. The molecule has 5 heteroatoms. The molecule has 0 saturated heterocycles. The van der Waals surface area contributed by atoms with E-state index in [1.165, 1.54) is 19.2 Å². The van der Waals surface area contributed by atoms with Crippen molar-refractivity contribution in [1.29, 1.82) is 0 Å². The number of hydrogen-bond donors (Lipinski definition) is 0. The number of pyridine rings is 1. The molecule has 0 amide bonds. The van der Waals surface area contributed by atoms with Crippen LogP contribution in [0.1, 0.15) is 34.6 Å². The molecule has 1 heterocycles. The molecule has 0 aliphatic heterocycles. The van der Waals surface area contributed by atoms with Gasteiger partial charge in [0.15, 0.2) is 0 Å². The van der Waals surface area contributed by atoms with E-state index in [0.717, 1.165) is 11.4 Å². The monoisotopic (exact) mass is 302 g/mol. The Morgan fingerprint density at radius 1 is 1.23 bits per heavy atom. The summed E-state index contributed by atoms with van der Waals surface area (Å²) < 4.78 is 17.7. The molecule has 0 N–H and O–H groups in total. The zero-order valence-electron chi connectivity index (χ0n) is 13.1. The number of nitrogens with zero attached hydrogens (tertiary/aromatic N) is 2. The summed E-state index contributed by atoms with van der Waals surface area (Å²) >= 11 is 0. The second kappa shape index (κ2) is 6.56. The number of benzene rings is 1. The third kappa shape index (κ3) is 3.24. The molecule has 1 unspecified atom stereocenters. The number of hydrogen-bond acceptors (Lipinski definition) is 4. The summed E-state index contributed by atoms with van der Waals surface area (Å²) in [6, 6.07) is 9.91. The van der Waals surface area contributed by atoms with Crippen molar-refractivity contribution in [3.63, 3.8) is 0 Å². The summed E-state index contributed by atoms with van der Waals surface area (Å²) in [5.74, 6) is 0.0859. The summed E-state index contributed by atoms with van der Waals surface area (Å²) in [6.07, 6.45) is 0. The van der Waals surface area contributed by atoms with Crippen molar-refractivity contribution >= 4 is 11.8 Å². The lowest BCUT2D eigenvalue weighted by Crippen LogP contribution is -2.23. The standard InChI is InChI=1S/C17H19FN2O2/c1-11-15(17(21)22-4)9-10-16(19-11)20(3)12(2)13-5-7-14(18)8-6-13/h5-10,12H,1-4H3. The Balaban J connectivity index is 2.25. The van der Waals surface area contributed by atoms with E-state index in [0.29, 0.717) is 11.3 Å². The van der Waals surface area contributed by atoms with Crippen LogP contribution in [0, 0.1) is 12.7 Å². The minimum Gasteiger partial charge on any atom is -0.465 e. The quantitative estimate of drug-likeness (QED) is 0.811. The fourth-order valence-corrected chi connectivity index (χ4v) is 2.23. The Morgan fingerprint density at radius 2 is 1.86 bits per heavy atom. The zero-order chi connectivity index (χ0) is 16.3.